The van der Waals surface area contributed by atoms with Crippen LogP contribution in [0, 0.1) is 0 Å². The fourth-order valence-corrected chi connectivity index (χ4v) is 2.46. The van der Waals surface area contributed by atoms with Gasteiger partial charge in [0, 0.05) is 6.04 Å². The fraction of sp³-hybridized carbons (Fsp3) is 1.00. The van der Waals surface area contributed by atoms with E-state index in [1.165, 1.54) is 77.0 Å². The predicted molar refractivity (Wildman–Crippen MR) is 85.8 cm³/mol. The molecular weight excluding hydrogens is 234 g/mol. The summed E-state index contributed by atoms with van der Waals surface area (Å²) in [6.45, 7) is 2.23. The zero-order valence-electron chi connectivity index (χ0n) is 13.1. The van der Waals surface area contributed by atoms with Crippen LogP contribution in [0.5, 0.6) is 0 Å². The summed E-state index contributed by atoms with van der Waals surface area (Å²) in [5, 5.41) is 0. The maximum atomic E-state index is 6.06. The van der Waals surface area contributed by atoms with Gasteiger partial charge in [0.25, 0.3) is 0 Å². The lowest BCUT2D eigenvalue weighted by Crippen LogP contribution is -2.29. The topological polar surface area (TPSA) is 78.1 Å². The third-order valence-corrected chi connectivity index (χ3v) is 3.79. The van der Waals surface area contributed by atoms with Crippen LogP contribution in [0.2, 0.25) is 0 Å². The molecule has 1 unspecified atom stereocenters. The highest BCUT2D eigenvalue weighted by molar-refractivity contribution is 4.61. The Morgan fingerprint density at radius 3 is 1.47 bits per heavy atom. The van der Waals surface area contributed by atoms with Gasteiger partial charge in [-0.15, -0.1) is 0 Å². The van der Waals surface area contributed by atoms with E-state index >= 15 is 0 Å². The lowest BCUT2D eigenvalue weighted by Gasteiger charge is -2.10. The van der Waals surface area contributed by atoms with Gasteiger partial charge in [-0.2, -0.15) is 0 Å². The minimum Gasteiger partial charge on any atom is -0.328 e. The maximum absolute atomic E-state index is 6.06. The van der Waals surface area contributed by atoms with Gasteiger partial charge in [-0.25, -0.2) is 0 Å². The van der Waals surface area contributed by atoms with Crippen LogP contribution in [0.25, 0.3) is 0 Å². The van der Waals surface area contributed by atoms with Crippen LogP contribution in [0.1, 0.15) is 90.4 Å². The number of hydrogen-bond acceptors (Lipinski definition) is 3. The largest absolute Gasteiger partial charge is 0.328 e. The van der Waals surface area contributed by atoms with E-state index in [1.807, 2.05) is 0 Å². The summed E-state index contributed by atoms with van der Waals surface area (Å²) in [5.41, 5.74) is 17.1. The Hall–Kier alpha value is -0.120. The molecule has 0 amide bonds. The summed E-state index contributed by atoms with van der Waals surface area (Å²) in [4.78, 5) is 0. The van der Waals surface area contributed by atoms with Crippen molar-refractivity contribution in [3.63, 3.8) is 0 Å². The third kappa shape index (κ3) is 15.8. The van der Waals surface area contributed by atoms with E-state index in [2.05, 4.69) is 6.92 Å². The highest BCUT2D eigenvalue weighted by Gasteiger charge is 2.01. The van der Waals surface area contributed by atoms with Crippen LogP contribution in [-0.2, 0) is 0 Å². The zero-order chi connectivity index (χ0) is 14.3. The molecule has 0 saturated heterocycles. The highest BCUT2D eigenvalue weighted by atomic mass is 14.8. The molecule has 0 radical (unpaired) electrons. The Balaban J connectivity index is 3.06. The average Bonchev–Trinajstić information content (AvgIpc) is 2.38. The number of unbranched alkanes of at least 4 members (excludes halogenated alkanes) is 8. The summed E-state index contributed by atoms with van der Waals surface area (Å²) in [5.74, 6) is 0. The summed E-state index contributed by atoms with van der Waals surface area (Å²) in [6.07, 6.45) is 16.4. The van der Waals surface area contributed by atoms with Crippen molar-refractivity contribution < 1.29 is 0 Å². The first kappa shape index (κ1) is 18.9. The van der Waals surface area contributed by atoms with Crippen molar-refractivity contribution in [2.24, 2.45) is 17.2 Å². The van der Waals surface area contributed by atoms with Gasteiger partial charge in [0.1, 0.15) is 0 Å². The van der Waals surface area contributed by atoms with Crippen LogP contribution >= 0.6 is 0 Å². The fourth-order valence-electron chi connectivity index (χ4n) is 2.46. The van der Waals surface area contributed by atoms with Gasteiger partial charge in [0.2, 0.25) is 0 Å². The summed E-state index contributed by atoms with van der Waals surface area (Å²) in [6, 6.07) is 0.445. The van der Waals surface area contributed by atoms with Gasteiger partial charge >= 0.3 is 0 Å². The first-order valence-electron chi connectivity index (χ1n) is 8.43. The van der Waals surface area contributed by atoms with Crippen molar-refractivity contribution in [3.05, 3.63) is 0 Å². The van der Waals surface area contributed by atoms with Crippen molar-refractivity contribution in [3.8, 4) is 0 Å². The van der Waals surface area contributed by atoms with E-state index in [0.29, 0.717) is 6.04 Å². The summed E-state index contributed by atoms with van der Waals surface area (Å²) < 4.78 is 0. The van der Waals surface area contributed by atoms with Gasteiger partial charge in [0.15, 0.2) is 0 Å². The molecule has 3 heteroatoms. The summed E-state index contributed by atoms with van der Waals surface area (Å²) in [7, 11) is 0. The average molecular weight is 271 g/mol. The molecule has 0 saturated carbocycles. The van der Waals surface area contributed by atoms with Crippen LogP contribution < -0.4 is 17.2 Å². The maximum Gasteiger partial charge on any atom is 0.0520 e. The smallest absolute Gasteiger partial charge is 0.0520 e. The quantitative estimate of drug-likeness (QED) is 0.333. The predicted octanol–water partition coefficient (Wildman–Crippen LogP) is 3.65. The highest BCUT2D eigenvalue weighted by Crippen LogP contribution is 2.12. The molecule has 0 aliphatic carbocycles. The van der Waals surface area contributed by atoms with E-state index in [4.69, 9.17) is 17.2 Å². The van der Waals surface area contributed by atoms with Crippen LogP contribution in [0.15, 0.2) is 0 Å². The van der Waals surface area contributed by atoms with Crippen molar-refractivity contribution in [1.29, 1.82) is 0 Å². The Labute approximate surface area is 120 Å². The minimum absolute atomic E-state index is 0.114. The first-order chi connectivity index (χ1) is 9.16. The molecule has 0 aliphatic rings. The van der Waals surface area contributed by atoms with Gasteiger partial charge in [-0.3, -0.25) is 0 Å². The normalized spacial score (nSPS) is 13.1. The number of nitrogens with two attached hydrogens (primary N) is 3. The molecular formula is C16H37N3. The Morgan fingerprint density at radius 1 is 0.579 bits per heavy atom. The lowest BCUT2D eigenvalue weighted by molar-refractivity contribution is 0.491. The SMILES string of the molecule is CCCCC(N)CCCCCCCCCCC(N)N. The van der Waals surface area contributed by atoms with Gasteiger partial charge in [-0.1, -0.05) is 71.1 Å². The molecule has 0 aromatic heterocycles. The van der Waals surface area contributed by atoms with Crippen LogP contribution in [0.3, 0.4) is 0 Å². The van der Waals surface area contributed by atoms with Crippen molar-refractivity contribution in [1.82, 2.24) is 0 Å². The standard InChI is InChI=1S/C16H37N3/c1-2-3-12-15(17)13-10-8-6-4-5-7-9-11-14-16(18)19/h15-16H,2-14,17-19H2,1H3. The Bertz CT molecular complexity index is 171. The monoisotopic (exact) mass is 271 g/mol. The second-order valence-corrected chi connectivity index (χ2v) is 5.97. The second-order valence-electron chi connectivity index (χ2n) is 5.97. The molecule has 3 nitrogen and oxygen atoms in total. The first-order valence-corrected chi connectivity index (χ1v) is 8.43. The third-order valence-electron chi connectivity index (χ3n) is 3.79. The van der Waals surface area contributed by atoms with Crippen molar-refractivity contribution in [2.45, 2.75) is 103 Å². The summed E-state index contributed by atoms with van der Waals surface area (Å²) >= 11 is 0. The zero-order valence-corrected chi connectivity index (χ0v) is 13.1. The molecule has 0 aromatic rings. The molecule has 19 heavy (non-hydrogen) atoms. The van der Waals surface area contributed by atoms with E-state index < -0.39 is 0 Å². The van der Waals surface area contributed by atoms with Gasteiger partial charge < -0.3 is 17.2 Å². The molecule has 0 spiro atoms. The number of rotatable bonds is 14. The lowest BCUT2D eigenvalue weighted by atomic mass is 10.0. The van der Waals surface area contributed by atoms with Crippen molar-refractivity contribution >= 4 is 0 Å². The Morgan fingerprint density at radius 2 is 1.00 bits per heavy atom. The van der Waals surface area contributed by atoms with Gasteiger partial charge in [0.05, 0.1) is 6.17 Å². The molecule has 6 N–H and O–H groups in total. The van der Waals surface area contributed by atoms with Crippen molar-refractivity contribution in [2.75, 3.05) is 0 Å². The van der Waals surface area contributed by atoms with E-state index in [9.17, 15) is 0 Å². The molecule has 1 atom stereocenters. The molecule has 116 valence electrons. The Kier molecular flexibility index (Phi) is 14.2. The molecule has 0 fully saturated rings. The number of hydrogen-bond donors (Lipinski definition) is 3. The molecule has 0 bridgehead atoms. The van der Waals surface area contributed by atoms with E-state index in [1.54, 1.807) is 0 Å². The van der Waals surface area contributed by atoms with Crippen LogP contribution in [-0.4, -0.2) is 12.2 Å². The van der Waals surface area contributed by atoms with Gasteiger partial charge in [-0.05, 0) is 19.3 Å². The molecule has 0 aromatic carbocycles. The van der Waals surface area contributed by atoms with Crippen LogP contribution in [0.4, 0.5) is 0 Å². The van der Waals surface area contributed by atoms with E-state index in [0.717, 1.165) is 6.42 Å². The molecule has 0 aliphatic heterocycles. The minimum atomic E-state index is -0.114. The second kappa shape index (κ2) is 14.3. The van der Waals surface area contributed by atoms with E-state index in [-0.39, 0.29) is 6.17 Å². The molecule has 0 heterocycles. The molecule has 0 rings (SSSR count).